The van der Waals surface area contributed by atoms with Gasteiger partial charge < -0.3 is 26.8 Å². The number of phenolic OH excluding ortho intramolecular Hbond substituents is 1. The molecule has 2 aromatic carbocycles. The molecule has 2 aromatic rings. The summed E-state index contributed by atoms with van der Waals surface area (Å²) >= 11 is 0. The third kappa shape index (κ3) is 9.97. The molecule has 1 radical (unpaired) electrons. The molecule has 0 aliphatic rings. The average Bonchev–Trinajstić information content (AvgIpc) is 2.87. The average molecular weight is 524 g/mol. The van der Waals surface area contributed by atoms with Gasteiger partial charge >= 0.3 is 0 Å². The van der Waals surface area contributed by atoms with Crippen LogP contribution in [0.5, 0.6) is 5.75 Å². The van der Waals surface area contributed by atoms with E-state index in [-0.39, 0.29) is 24.0 Å². The van der Waals surface area contributed by atoms with Gasteiger partial charge in [-0.1, -0.05) is 70.2 Å². The van der Waals surface area contributed by atoms with Crippen LogP contribution in [0.15, 0.2) is 54.6 Å². The van der Waals surface area contributed by atoms with E-state index in [0.717, 1.165) is 5.56 Å². The Labute approximate surface area is 224 Å². The van der Waals surface area contributed by atoms with Crippen LogP contribution in [0.4, 0.5) is 0 Å². The van der Waals surface area contributed by atoms with Crippen LogP contribution in [0.3, 0.4) is 0 Å². The number of hydrogen-bond donors (Lipinski definition) is 5. The molecule has 205 valence electrons. The lowest BCUT2D eigenvalue weighted by Crippen LogP contribution is -2.58. The SMILES string of the molecule is CC(C)C[C@H](NC(=O)[C@@H](N)Cc1ccccc1)C(=O)N[C@@H](Cc1ccc(O)cc1)C(=O)N[C@H]([C]=O)C(C)C. The number of rotatable bonds is 14. The maximum atomic E-state index is 13.4. The zero-order valence-corrected chi connectivity index (χ0v) is 22.4. The highest BCUT2D eigenvalue weighted by molar-refractivity contribution is 5.93. The fourth-order valence-corrected chi connectivity index (χ4v) is 3.88. The maximum Gasteiger partial charge on any atom is 0.243 e. The number of nitrogens with two attached hydrogens (primary N) is 1. The van der Waals surface area contributed by atoms with Crippen molar-refractivity contribution in [1.82, 2.24) is 16.0 Å². The highest BCUT2D eigenvalue weighted by Gasteiger charge is 2.30. The first kappa shape index (κ1) is 30.5. The number of benzene rings is 2. The maximum absolute atomic E-state index is 13.4. The number of nitrogens with one attached hydrogen (secondary N) is 3. The molecular weight excluding hydrogens is 484 g/mol. The second kappa shape index (κ2) is 14.9. The molecular formula is C29H39N4O5. The van der Waals surface area contributed by atoms with Gasteiger partial charge in [-0.3, -0.25) is 19.2 Å². The largest absolute Gasteiger partial charge is 0.508 e. The summed E-state index contributed by atoms with van der Waals surface area (Å²) < 4.78 is 0. The summed E-state index contributed by atoms with van der Waals surface area (Å²) in [5, 5.41) is 17.7. The molecule has 2 rings (SSSR count). The second-order valence-electron chi connectivity index (χ2n) is 10.3. The van der Waals surface area contributed by atoms with Crippen LogP contribution < -0.4 is 21.7 Å². The third-order valence-electron chi connectivity index (χ3n) is 6.08. The van der Waals surface area contributed by atoms with Crippen molar-refractivity contribution in [1.29, 1.82) is 0 Å². The minimum absolute atomic E-state index is 0.0655. The smallest absolute Gasteiger partial charge is 0.243 e. The van der Waals surface area contributed by atoms with Crippen molar-refractivity contribution in [2.75, 3.05) is 0 Å². The Morgan fingerprint density at radius 1 is 0.789 bits per heavy atom. The van der Waals surface area contributed by atoms with Crippen molar-refractivity contribution < 1.29 is 24.3 Å². The first-order valence-electron chi connectivity index (χ1n) is 12.9. The van der Waals surface area contributed by atoms with Crippen LogP contribution in [0.25, 0.3) is 0 Å². The summed E-state index contributed by atoms with van der Waals surface area (Å²) in [6.07, 6.45) is 2.58. The first-order chi connectivity index (χ1) is 18.0. The molecule has 0 aromatic heterocycles. The minimum Gasteiger partial charge on any atom is -0.508 e. The fraction of sp³-hybridized carbons (Fsp3) is 0.448. The van der Waals surface area contributed by atoms with E-state index < -0.39 is 41.9 Å². The standard InChI is InChI=1S/C29H39N4O5/c1-18(2)14-24(31-27(36)23(30)15-20-8-6-5-7-9-20)28(37)32-25(16-21-10-12-22(35)13-11-21)29(38)33-26(17-34)19(3)4/h5-13,18-19,23-26,35H,14-16,30H2,1-4H3,(H,31,36)(H,32,37)(H,33,38)/t23-,24-,25-,26+/m0/s1. The number of carbonyl (C=O) groups is 3. The monoisotopic (exact) mass is 523 g/mol. The molecule has 0 aliphatic carbocycles. The van der Waals surface area contributed by atoms with Gasteiger partial charge in [0.2, 0.25) is 24.0 Å². The third-order valence-corrected chi connectivity index (χ3v) is 6.08. The van der Waals surface area contributed by atoms with E-state index in [9.17, 15) is 24.3 Å². The zero-order valence-electron chi connectivity index (χ0n) is 22.4. The highest BCUT2D eigenvalue weighted by atomic mass is 16.3. The molecule has 38 heavy (non-hydrogen) atoms. The molecule has 0 unspecified atom stereocenters. The molecule has 0 aliphatic heterocycles. The molecule has 0 fully saturated rings. The topological polar surface area (TPSA) is 151 Å². The minimum atomic E-state index is -1.04. The first-order valence-corrected chi connectivity index (χ1v) is 12.9. The quantitative estimate of drug-likeness (QED) is 0.255. The molecule has 0 heterocycles. The van der Waals surface area contributed by atoms with Gasteiger partial charge in [0.05, 0.1) is 12.1 Å². The van der Waals surface area contributed by atoms with E-state index in [1.165, 1.54) is 12.1 Å². The molecule has 0 saturated heterocycles. The molecule has 9 heteroatoms. The normalized spacial score (nSPS) is 14.3. The highest BCUT2D eigenvalue weighted by Crippen LogP contribution is 2.13. The summed E-state index contributed by atoms with van der Waals surface area (Å²) in [7, 11) is 0. The number of carbonyl (C=O) groups excluding carboxylic acids is 4. The molecule has 0 spiro atoms. The van der Waals surface area contributed by atoms with E-state index in [1.807, 2.05) is 50.5 Å². The fourth-order valence-electron chi connectivity index (χ4n) is 3.88. The van der Waals surface area contributed by atoms with Gasteiger partial charge in [-0.2, -0.15) is 0 Å². The van der Waals surface area contributed by atoms with E-state index >= 15 is 0 Å². The van der Waals surface area contributed by atoms with Crippen molar-refractivity contribution >= 4 is 24.0 Å². The Kier molecular flexibility index (Phi) is 11.9. The number of aromatic hydroxyl groups is 1. The van der Waals surface area contributed by atoms with Gasteiger partial charge in [0.25, 0.3) is 0 Å². The lowest BCUT2D eigenvalue weighted by atomic mass is 9.99. The Morgan fingerprint density at radius 3 is 1.89 bits per heavy atom. The van der Waals surface area contributed by atoms with Crippen LogP contribution >= 0.6 is 0 Å². The summed E-state index contributed by atoms with van der Waals surface area (Å²) in [6.45, 7) is 7.39. The Hall–Kier alpha value is -3.72. The van der Waals surface area contributed by atoms with Gasteiger partial charge in [0, 0.05) is 6.42 Å². The molecule has 6 N–H and O–H groups in total. The predicted octanol–water partition coefficient (Wildman–Crippen LogP) is 1.77. The Balaban J connectivity index is 2.19. The van der Waals surface area contributed by atoms with Crippen LogP contribution in [-0.4, -0.2) is 53.3 Å². The van der Waals surface area contributed by atoms with E-state index in [4.69, 9.17) is 5.73 Å². The Bertz CT molecular complexity index is 1060. The van der Waals surface area contributed by atoms with Crippen LogP contribution in [0.1, 0.15) is 45.2 Å². The summed E-state index contributed by atoms with van der Waals surface area (Å²) in [5.41, 5.74) is 7.71. The Morgan fingerprint density at radius 2 is 1.34 bits per heavy atom. The van der Waals surface area contributed by atoms with Crippen molar-refractivity contribution in [3.63, 3.8) is 0 Å². The van der Waals surface area contributed by atoms with Gasteiger partial charge in [-0.15, -0.1) is 0 Å². The van der Waals surface area contributed by atoms with Gasteiger partial charge in [0.15, 0.2) is 0 Å². The zero-order chi connectivity index (χ0) is 28.2. The summed E-state index contributed by atoms with van der Waals surface area (Å²) in [6, 6.07) is 11.9. The van der Waals surface area contributed by atoms with Gasteiger partial charge in [-0.25, -0.2) is 0 Å². The van der Waals surface area contributed by atoms with Gasteiger partial charge in [-0.05, 0) is 47.9 Å². The van der Waals surface area contributed by atoms with Gasteiger partial charge in [0.1, 0.15) is 17.8 Å². The lowest BCUT2D eigenvalue weighted by Gasteiger charge is -2.26. The van der Waals surface area contributed by atoms with Crippen molar-refractivity contribution in [3.8, 4) is 5.75 Å². The number of amides is 3. The van der Waals surface area contributed by atoms with Crippen LogP contribution in [-0.2, 0) is 32.0 Å². The van der Waals surface area contributed by atoms with Crippen molar-refractivity contribution in [3.05, 3.63) is 65.7 Å². The number of hydrogen-bond acceptors (Lipinski definition) is 6. The second-order valence-corrected chi connectivity index (χ2v) is 10.3. The van der Waals surface area contributed by atoms with Crippen LogP contribution in [0, 0.1) is 11.8 Å². The van der Waals surface area contributed by atoms with Crippen LogP contribution in [0.2, 0.25) is 0 Å². The molecule has 9 nitrogen and oxygen atoms in total. The molecule has 3 amide bonds. The summed E-state index contributed by atoms with van der Waals surface area (Å²) in [5.74, 6) is -1.61. The number of phenols is 1. The molecule has 0 bridgehead atoms. The van der Waals surface area contributed by atoms with E-state index in [0.29, 0.717) is 18.4 Å². The van der Waals surface area contributed by atoms with Crippen molar-refractivity contribution in [2.45, 2.75) is 71.1 Å². The predicted molar refractivity (Wildman–Crippen MR) is 146 cm³/mol. The van der Waals surface area contributed by atoms with E-state index in [1.54, 1.807) is 26.0 Å². The van der Waals surface area contributed by atoms with Crippen molar-refractivity contribution in [2.24, 2.45) is 17.6 Å². The molecule has 0 saturated carbocycles. The molecule has 4 atom stereocenters. The summed E-state index contributed by atoms with van der Waals surface area (Å²) in [4.78, 5) is 50.8. The lowest BCUT2D eigenvalue weighted by molar-refractivity contribution is -0.132. The van der Waals surface area contributed by atoms with E-state index in [2.05, 4.69) is 16.0 Å².